The predicted octanol–water partition coefficient (Wildman–Crippen LogP) is 4.86. The molecule has 0 saturated carbocycles. The maximum absolute atomic E-state index is 13.9. The summed E-state index contributed by atoms with van der Waals surface area (Å²) in [6.07, 6.45) is -1.66. The molecule has 2 heterocycles. The fourth-order valence-electron chi connectivity index (χ4n) is 4.84. The van der Waals surface area contributed by atoms with Gasteiger partial charge in [0.25, 0.3) is 5.56 Å². The van der Waals surface area contributed by atoms with Crippen LogP contribution in [-0.4, -0.2) is 27.3 Å². The van der Waals surface area contributed by atoms with Crippen molar-refractivity contribution in [2.75, 3.05) is 7.11 Å². The van der Waals surface area contributed by atoms with Crippen LogP contribution in [0.1, 0.15) is 22.9 Å². The van der Waals surface area contributed by atoms with Crippen LogP contribution in [0.5, 0.6) is 0 Å². The first-order valence-electron chi connectivity index (χ1n) is 11.5. The number of fused-ring (bicyclic) bond motifs is 3. The average Bonchev–Trinajstić information content (AvgIpc) is 3.21. The standard InChI is InChI=1S/C29H25FN2O4/c1-17-8-12-19(13-9-17)23-24-21-6-4-5-7-22(21)32(16-18-10-14-20(30)15-11-18)26(24)28(34)31(2)25(23)27(33)29(35)36-3/h4-15,27,33H,16H2,1-3H3. The number of aliphatic hydroxyl groups excluding tert-OH is 1. The highest BCUT2D eigenvalue weighted by Crippen LogP contribution is 2.39. The number of rotatable bonds is 5. The summed E-state index contributed by atoms with van der Waals surface area (Å²) in [5, 5.41) is 12.5. The Morgan fingerprint density at radius 1 is 1.03 bits per heavy atom. The summed E-state index contributed by atoms with van der Waals surface area (Å²) in [6, 6.07) is 21.5. The zero-order valence-corrected chi connectivity index (χ0v) is 20.2. The van der Waals surface area contributed by atoms with Gasteiger partial charge in [0, 0.05) is 35.4 Å². The smallest absolute Gasteiger partial charge is 0.340 e. The Bertz CT molecular complexity index is 1670. The first kappa shape index (κ1) is 23.5. The van der Waals surface area contributed by atoms with E-state index in [1.807, 2.05) is 60.0 Å². The summed E-state index contributed by atoms with van der Waals surface area (Å²) in [7, 11) is 2.74. The normalized spacial score (nSPS) is 12.2. The molecule has 1 atom stereocenters. The van der Waals surface area contributed by atoms with Crippen LogP contribution >= 0.6 is 0 Å². The number of aromatic nitrogens is 2. The van der Waals surface area contributed by atoms with Gasteiger partial charge in [0.15, 0.2) is 6.10 Å². The fraction of sp³-hybridized carbons (Fsp3) is 0.172. The van der Waals surface area contributed by atoms with E-state index in [0.717, 1.165) is 27.6 Å². The molecule has 0 fully saturated rings. The van der Waals surface area contributed by atoms with Crippen LogP contribution < -0.4 is 5.56 Å². The topological polar surface area (TPSA) is 73.5 Å². The lowest BCUT2D eigenvalue weighted by Gasteiger charge is -2.20. The first-order chi connectivity index (χ1) is 17.3. The molecular weight excluding hydrogens is 459 g/mol. The van der Waals surface area contributed by atoms with E-state index in [1.54, 1.807) is 19.2 Å². The quantitative estimate of drug-likeness (QED) is 0.362. The van der Waals surface area contributed by atoms with Gasteiger partial charge >= 0.3 is 5.97 Å². The molecule has 2 aromatic heterocycles. The Kier molecular flexibility index (Phi) is 5.94. The number of benzene rings is 3. The molecular formula is C29H25FN2O4. The molecule has 36 heavy (non-hydrogen) atoms. The second-order valence-corrected chi connectivity index (χ2v) is 8.87. The van der Waals surface area contributed by atoms with Crippen LogP contribution in [-0.2, 0) is 23.1 Å². The SMILES string of the molecule is COC(=O)C(O)c1c(-c2ccc(C)cc2)c2c3ccccc3n(Cc3ccc(F)cc3)c2c(=O)n1C. The molecule has 0 radical (unpaired) electrons. The molecule has 5 aromatic rings. The number of pyridine rings is 1. The maximum Gasteiger partial charge on any atom is 0.340 e. The van der Waals surface area contributed by atoms with Gasteiger partial charge in [-0.2, -0.15) is 0 Å². The Morgan fingerprint density at radius 2 is 1.69 bits per heavy atom. The molecule has 182 valence electrons. The van der Waals surface area contributed by atoms with E-state index < -0.39 is 12.1 Å². The number of ether oxygens (including phenoxy) is 1. The molecule has 0 bridgehead atoms. The lowest BCUT2D eigenvalue weighted by atomic mass is 9.94. The van der Waals surface area contributed by atoms with Gasteiger partial charge in [-0.3, -0.25) is 4.79 Å². The third-order valence-electron chi connectivity index (χ3n) is 6.62. The molecule has 7 heteroatoms. The highest BCUT2D eigenvalue weighted by atomic mass is 19.1. The van der Waals surface area contributed by atoms with Crippen LogP contribution in [0.25, 0.3) is 32.9 Å². The summed E-state index contributed by atoms with van der Waals surface area (Å²) in [4.78, 5) is 26.3. The average molecular weight is 485 g/mol. The van der Waals surface area contributed by atoms with Gasteiger partial charge < -0.3 is 19.0 Å². The number of hydrogen-bond acceptors (Lipinski definition) is 4. The molecule has 5 rings (SSSR count). The number of esters is 1. The van der Waals surface area contributed by atoms with E-state index in [4.69, 9.17) is 4.74 Å². The number of halogens is 1. The van der Waals surface area contributed by atoms with Gasteiger partial charge in [-0.05, 0) is 36.2 Å². The van der Waals surface area contributed by atoms with Gasteiger partial charge in [0.2, 0.25) is 0 Å². The first-order valence-corrected chi connectivity index (χ1v) is 11.5. The van der Waals surface area contributed by atoms with Crippen molar-refractivity contribution in [1.82, 2.24) is 9.13 Å². The second-order valence-electron chi connectivity index (χ2n) is 8.87. The van der Waals surface area contributed by atoms with Crippen molar-refractivity contribution in [3.63, 3.8) is 0 Å². The van der Waals surface area contributed by atoms with Crippen molar-refractivity contribution in [3.8, 4) is 11.1 Å². The molecule has 0 aliphatic rings. The van der Waals surface area contributed by atoms with Gasteiger partial charge in [-0.15, -0.1) is 0 Å². The maximum atomic E-state index is 13.9. The summed E-state index contributed by atoms with van der Waals surface area (Å²) >= 11 is 0. The van der Waals surface area contributed by atoms with Crippen LogP contribution in [0.3, 0.4) is 0 Å². The van der Waals surface area contributed by atoms with Crippen LogP contribution in [0.15, 0.2) is 77.6 Å². The Labute approximate surface area is 206 Å². The van der Waals surface area contributed by atoms with E-state index in [1.165, 1.54) is 23.8 Å². The van der Waals surface area contributed by atoms with Crippen LogP contribution in [0, 0.1) is 12.7 Å². The van der Waals surface area contributed by atoms with E-state index in [0.29, 0.717) is 23.0 Å². The van der Waals surface area contributed by atoms with E-state index in [2.05, 4.69) is 0 Å². The van der Waals surface area contributed by atoms with Gasteiger partial charge in [-0.1, -0.05) is 60.2 Å². The highest BCUT2D eigenvalue weighted by Gasteiger charge is 2.30. The highest BCUT2D eigenvalue weighted by molar-refractivity contribution is 6.15. The van der Waals surface area contributed by atoms with E-state index in [-0.39, 0.29) is 17.1 Å². The Morgan fingerprint density at radius 3 is 2.36 bits per heavy atom. The van der Waals surface area contributed by atoms with Crippen molar-refractivity contribution in [2.45, 2.75) is 19.6 Å². The minimum atomic E-state index is -1.66. The number of carbonyl (C=O) groups excluding carboxylic acids is 1. The molecule has 0 spiro atoms. The predicted molar refractivity (Wildman–Crippen MR) is 137 cm³/mol. The zero-order chi connectivity index (χ0) is 25.6. The number of para-hydroxylation sites is 1. The van der Waals surface area contributed by atoms with Crippen molar-refractivity contribution in [1.29, 1.82) is 0 Å². The number of nitrogens with zero attached hydrogens (tertiary/aromatic N) is 2. The molecule has 0 amide bonds. The lowest BCUT2D eigenvalue weighted by Crippen LogP contribution is -2.28. The summed E-state index contributed by atoms with van der Waals surface area (Å²) in [5.41, 5.74) is 4.25. The van der Waals surface area contributed by atoms with Gasteiger partial charge in [0.05, 0.1) is 12.8 Å². The lowest BCUT2D eigenvalue weighted by molar-refractivity contribution is -0.151. The Hall–Kier alpha value is -4.23. The fourth-order valence-corrected chi connectivity index (χ4v) is 4.84. The molecule has 1 N–H and O–H groups in total. The van der Waals surface area contributed by atoms with Gasteiger partial charge in [-0.25, -0.2) is 9.18 Å². The van der Waals surface area contributed by atoms with Crippen molar-refractivity contribution in [3.05, 3.63) is 106 Å². The van der Waals surface area contributed by atoms with Crippen molar-refractivity contribution in [2.24, 2.45) is 7.05 Å². The minimum Gasteiger partial charge on any atom is -0.467 e. The summed E-state index contributed by atoms with van der Waals surface area (Å²) in [5.74, 6) is -1.19. The third-order valence-corrected chi connectivity index (χ3v) is 6.62. The van der Waals surface area contributed by atoms with E-state index in [9.17, 15) is 19.1 Å². The minimum absolute atomic E-state index is 0.160. The Balaban J connectivity index is 1.95. The second kappa shape index (κ2) is 9.09. The number of carbonyl (C=O) groups is 1. The molecule has 1 unspecified atom stereocenters. The number of aryl methyl sites for hydroxylation is 1. The number of methoxy groups -OCH3 is 1. The molecule has 0 aliphatic heterocycles. The molecule has 3 aromatic carbocycles. The van der Waals surface area contributed by atoms with E-state index >= 15 is 0 Å². The number of hydrogen-bond donors (Lipinski definition) is 1. The largest absolute Gasteiger partial charge is 0.467 e. The molecule has 0 aliphatic carbocycles. The summed E-state index contributed by atoms with van der Waals surface area (Å²) in [6.45, 7) is 2.31. The monoisotopic (exact) mass is 484 g/mol. The van der Waals surface area contributed by atoms with Crippen molar-refractivity contribution < 1.29 is 19.0 Å². The van der Waals surface area contributed by atoms with Gasteiger partial charge in [0.1, 0.15) is 11.3 Å². The summed E-state index contributed by atoms with van der Waals surface area (Å²) < 4.78 is 21.6. The van der Waals surface area contributed by atoms with Crippen molar-refractivity contribution >= 4 is 27.8 Å². The molecule has 0 saturated heterocycles. The molecule has 6 nitrogen and oxygen atoms in total. The third kappa shape index (κ3) is 3.78. The van der Waals surface area contributed by atoms with Crippen LogP contribution in [0.2, 0.25) is 0 Å². The number of aliphatic hydroxyl groups is 1. The zero-order valence-electron chi connectivity index (χ0n) is 20.2. The van der Waals surface area contributed by atoms with Crippen LogP contribution in [0.4, 0.5) is 4.39 Å².